The summed E-state index contributed by atoms with van der Waals surface area (Å²) in [5.74, 6) is -0.710. The summed E-state index contributed by atoms with van der Waals surface area (Å²) >= 11 is 0. The van der Waals surface area contributed by atoms with Gasteiger partial charge in [-0.15, -0.1) is 0 Å². The van der Waals surface area contributed by atoms with E-state index < -0.39 is 5.97 Å². The van der Waals surface area contributed by atoms with E-state index in [1.807, 2.05) is 0 Å². The molecule has 0 bridgehead atoms. The van der Waals surface area contributed by atoms with Crippen LogP contribution in [0.2, 0.25) is 0 Å². The van der Waals surface area contributed by atoms with Crippen molar-refractivity contribution in [2.24, 2.45) is 0 Å². The normalized spacial score (nSPS) is 10.7. The molecule has 0 saturated heterocycles. The van der Waals surface area contributed by atoms with Gasteiger partial charge < -0.3 is 19.9 Å². The molecule has 21 heavy (non-hydrogen) atoms. The lowest BCUT2D eigenvalue weighted by molar-refractivity contribution is 0.0692. The quantitative estimate of drug-likeness (QED) is 0.687. The first-order valence-electron chi connectivity index (χ1n) is 6.19. The number of fused-ring (bicyclic) bond motifs is 1. The summed E-state index contributed by atoms with van der Waals surface area (Å²) in [6.45, 7) is 0. The van der Waals surface area contributed by atoms with E-state index in [2.05, 4.69) is 9.97 Å². The highest BCUT2D eigenvalue weighted by atomic mass is 16.5. The summed E-state index contributed by atoms with van der Waals surface area (Å²) < 4.78 is 5.20. The van der Waals surface area contributed by atoms with E-state index in [9.17, 15) is 15.0 Å². The Balaban J connectivity index is 2.41. The van der Waals surface area contributed by atoms with Crippen molar-refractivity contribution < 1.29 is 19.7 Å². The third kappa shape index (κ3) is 2.06. The Hall–Kier alpha value is -3.02. The average molecular weight is 284 g/mol. The van der Waals surface area contributed by atoms with Crippen LogP contribution in [-0.2, 0) is 0 Å². The van der Waals surface area contributed by atoms with Gasteiger partial charge in [-0.25, -0.2) is 9.78 Å². The number of aromatic nitrogens is 2. The van der Waals surface area contributed by atoms with Crippen LogP contribution in [0.3, 0.4) is 0 Å². The minimum absolute atomic E-state index is 0.0295. The summed E-state index contributed by atoms with van der Waals surface area (Å²) in [5.41, 5.74) is 1.64. The highest BCUT2D eigenvalue weighted by molar-refractivity contribution is 6.08. The smallest absolute Gasteiger partial charge is 0.352 e. The lowest BCUT2D eigenvalue weighted by Gasteiger charge is -2.07. The zero-order chi connectivity index (χ0) is 15.0. The van der Waals surface area contributed by atoms with Gasteiger partial charge in [0.25, 0.3) is 0 Å². The number of nitrogens with one attached hydrogen (secondary N) is 1. The molecule has 2 aromatic heterocycles. The van der Waals surface area contributed by atoms with Gasteiger partial charge in [0.15, 0.2) is 0 Å². The lowest BCUT2D eigenvalue weighted by Crippen LogP contribution is -2.00. The van der Waals surface area contributed by atoms with Crippen LogP contribution in [0.1, 0.15) is 10.5 Å². The topological polar surface area (TPSA) is 95.4 Å². The number of phenols is 1. The van der Waals surface area contributed by atoms with Crippen LogP contribution in [0.25, 0.3) is 22.0 Å². The summed E-state index contributed by atoms with van der Waals surface area (Å²) in [4.78, 5) is 18.4. The van der Waals surface area contributed by atoms with Crippen molar-refractivity contribution in [1.82, 2.24) is 9.97 Å². The SMILES string of the molecule is COc1ncccc1-c1c(C(=O)O)[nH]c2ccc(O)cc12. The van der Waals surface area contributed by atoms with Gasteiger partial charge in [-0.3, -0.25) is 0 Å². The van der Waals surface area contributed by atoms with Crippen LogP contribution in [0, 0.1) is 0 Å². The maximum Gasteiger partial charge on any atom is 0.352 e. The third-order valence-corrected chi connectivity index (χ3v) is 3.23. The van der Waals surface area contributed by atoms with Crippen molar-refractivity contribution in [2.45, 2.75) is 0 Å². The molecule has 0 amide bonds. The van der Waals surface area contributed by atoms with E-state index in [4.69, 9.17) is 4.74 Å². The van der Waals surface area contributed by atoms with Gasteiger partial charge in [-0.1, -0.05) is 0 Å². The minimum atomic E-state index is -1.09. The molecule has 0 radical (unpaired) electrons. The molecule has 3 aromatic rings. The molecule has 3 rings (SSSR count). The maximum atomic E-state index is 11.5. The van der Waals surface area contributed by atoms with Gasteiger partial charge in [0.1, 0.15) is 11.4 Å². The molecule has 6 heteroatoms. The molecule has 0 aliphatic heterocycles. The number of methoxy groups -OCH3 is 1. The molecule has 0 spiro atoms. The fraction of sp³-hybridized carbons (Fsp3) is 0.0667. The number of aromatic carboxylic acids is 1. The molecule has 6 nitrogen and oxygen atoms in total. The lowest BCUT2D eigenvalue weighted by atomic mass is 10.0. The van der Waals surface area contributed by atoms with Crippen LogP contribution >= 0.6 is 0 Å². The average Bonchev–Trinajstić information content (AvgIpc) is 2.85. The Bertz CT molecular complexity index is 839. The number of aromatic amines is 1. The Labute approximate surface area is 119 Å². The molecular weight excluding hydrogens is 272 g/mol. The number of benzene rings is 1. The second kappa shape index (κ2) is 4.82. The predicted octanol–water partition coefficient (Wildman–Crippen LogP) is 2.64. The van der Waals surface area contributed by atoms with Gasteiger partial charge in [0, 0.05) is 28.2 Å². The number of carboxylic acid groups (broad SMARTS) is 1. The first kappa shape index (κ1) is 13.0. The van der Waals surface area contributed by atoms with Gasteiger partial charge in [0.2, 0.25) is 5.88 Å². The fourth-order valence-corrected chi connectivity index (χ4v) is 2.36. The van der Waals surface area contributed by atoms with E-state index in [1.54, 1.807) is 24.4 Å². The molecule has 2 heterocycles. The van der Waals surface area contributed by atoms with Gasteiger partial charge in [-0.2, -0.15) is 0 Å². The Morgan fingerprint density at radius 2 is 2.14 bits per heavy atom. The van der Waals surface area contributed by atoms with Crippen LogP contribution in [0.15, 0.2) is 36.5 Å². The van der Waals surface area contributed by atoms with E-state index in [0.717, 1.165) is 0 Å². The van der Waals surface area contributed by atoms with E-state index in [0.29, 0.717) is 27.9 Å². The molecule has 0 aliphatic rings. The number of carbonyl (C=O) groups is 1. The van der Waals surface area contributed by atoms with Crippen molar-refractivity contribution in [3.63, 3.8) is 0 Å². The first-order chi connectivity index (χ1) is 10.1. The number of H-pyrrole nitrogens is 1. The molecule has 0 fully saturated rings. The molecule has 0 saturated carbocycles. The molecular formula is C15H12N2O4. The first-order valence-corrected chi connectivity index (χ1v) is 6.19. The standard InChI is InChI=1S/C15H12N2O4/c1-21-14-9(3-2-6-16-14)12-10-7-8(18)4-5-11(10)17-13(12)15(19)20/h2-7,17-18H,1H3,(H,19,20). The van der Waals surface area contributed by atoms with Crippen molar-refractivity contribution >= 4 is 16.9 Å². The molecule has 0 atom stereocenters. The number of carboxylic acids is 1. The molecule has 106 valence electrons. The highest BCUT2D eigenvalue weighted by Gasteiger charge is 2.21. The Morgan fingerprint density at radius 1 is 1.33 bits per heavy atom. The van der Waals surface area contributed by atoms with Crippen LogP contribution in [0.4, 0.5) is 0 Å². The van der Waals surface area contributed by atoms with Gasteiger partial charge in [-0.05, 0) is 30.3 Å². The second-order valence-corrected chi connectivity index (χ2v) is 4.47. The monoisotopic (exact) mass is 284 g/mol. The van der Waals surface area contributed by atoms with Crippen molar-refractivity contribution in [1.29, 1.82) is 0 Å². The van der Waals surface area contributed by atoms with Gasteiger partial charge >= 0.3 is 5.97 Å². The Kier molecular flexibility index (Phi) is 2.98. The summed E-state index contributed by atoms with van der Waals surface area (Å²) in [5, 5.41) is 19.7. The summed E-state index contributed by atoms with van der Waals surface area (Å²) in [6.07, 6.45) is 1.56. The van der Waals surface area contributed by atoms with E-state index in [-0.39, 0.29) is 11.4 Å². The number of phenolic OH excluding ortho intramolecular Hbond substituents is 1. The zero-order valence-corrected chi connectivity index (χ0v) is 11.1. The van der Waals surface area contributed by atoms with E-state index in [1.165, 1.54) is 19.2 Å². The molecule has 1 aromatic carbocycles. The number of rotatable bonds is 3. The maximum absolute atomic E-state index is 11.5. The molecule has 3 N–H and O–H groups in total. The fourth-order valence-electron chi connectivity index (χ4n) is 2.36. The number of hydrogen-bond acceptors (Lipinski definition) is 4. The predicted molar refractivity (Wildman–Crippen MR) is 76.7 cm³/mol. The zero-order valence-electron chi connectivity index (χ0n) is 11.1. The number of hydrogen-bond donors (Lipinski definition) is 3. The molecule has 0 aliphatic carbocycles. The van der Waals surface area contributed by atoms with Gasteiger partial charge in [0.05, 0.1) is 7.11 Å². The van der Waals surface area contributed by atoms with Crippen molar-refractivity contribution in [3.05, 3.63) is 42.2 Å². The van der Waals surface area contributed by atoms with Crippen LogP contribution < -0.4 is 4.74 Å². The summed E-state index contributed by atoms with van der Waals surface area (Å²) in [7, 11) is 1.47. The molecule has 0 unspecified atom stereocenters. The van der Waals surface area contributed by atoms with Crippen molar-refractivity contribution in [3.8, 4) is 22.8 Å². The largest absolute Gasteiger partial charge is 0.508 e. The van der Waals surface area contributed by atoms with Crippen LogP contribution in [0.5, 0.6) is 11.6 Å². The second-order valence-electron chi connectivity index (χ2n) is 4.47. The number of ether oxygens (including phenoxy) is 1. The number of nitrogens with zero attached hydrogens (tertiary/aromatic N) is 1. The number of pyridine rings is 1. The van der Waals surface area contributed by atoms with E-state index >= 15 is 0 Å². The summed E-state index contributed by atoms with van der Waals surface area (Å²) in [6, 6.07) is 8.06. The third-order valence-electron chi connectivity index (χ3n) is 3.23. The van der Waals surface area contributed by atoms with Crippen LogP contribution in [-0.4, -0.2) is 33.3 Å². The van der Waals surface area contributed by atoms with Crippen molar-refractivity contribution in [2.75, 3.05) is 7.11 Å². The number of aromatic hydroxyl groups is 1. The highest BCUT2D eigenvalue weighted by Crippen LogP contribution is 2.37. The minimum Gasteiger partial charge on any atom is -0.508 e. The Morgan fingerprint density at radius 3 is 2.86 bits per heavy atom.